The highest BCUT2D eigenvalue weighted by molar-refractivity contribution is 9.10. The van der Waals surface area contributed by atoms with Crippen LogP contribution < -0.4 is 4.90 Å². The number of thiocarbonyl (C=S) groups is 1. The van der Waals surface area contributed by atoms with E-state index >= 15 is 0 Å². The Kier molecular flexibility index (Phi) is 5.04. The largest absolute Gasteiger partial charge is 0.457 e. The first-order valence-corrected chi connectivity index (χ1v) is 10.2. The van der Waals surface area contributed by atoms with E-state index in [4.69, 9.17) is 16.6 Å². The molecular weight excluding hydrogens is 442 g/mol. The molecule has 1 amide bonds. The average Bonchev–Trinajstić information content (AvgIpc) is 3.22. The maximum atomic E-state index is 12.9. The topological polar surface area (TPSA) is 33.5 Å². The van der Waals surface area contributed by atoms with E-state index in [1.807, 2.05) is 67.6 Å². The molecular formula is C21H14BrNO2S2. The Balaban J connectivity index is 1.62. The van der Waals surface area contributed by atoms with Gasteiger partial charge in [-0.2, -0.15) is 0 Å². The molecule has 2 heterocycles. The summed E-state index contributed by atoms with van der Waals surface area (Å²) in [4.78, 5) is 15.0. The smallest absolute Gasteiger partial charge is 0.270 e. The minimum absolute atomic E-state index is 0.124. The molecule has 134 valence electrons. The molecule has 0 unspecified atom stereocenters. The third-order valence-corrected chi connectivity index (χ3v) is 6.01. The van der Waals surface area contributed by atoms with Gasteiger partial charge in [0.2, 0.25) is 0 Å². The van der Waals surface area contributed by atoms with Gasteiger partial charge in [-0.05, 0) is 42.8 Å². The normalized spacial score (nSPS) is 15.8. The minimum atomic E-state index is -0.124. The SMILES string of the molecule is Cc1ccccc1N1C(=O)/C(=C/c2ccc(-c3ccc(Br)cc3)o2)SC1=S. The van der Waals surface area contributed by atoms with Crippen LogP contribution in [0, 0.1) is 6.92 Å². The number of aryl methyl sites for hydroxylation is 1. The Labute approximate surface area is 175 Å². The Morgan fingerprint density at radius 1 is 1.07 bits per heavy atom. The fourth-order valence-corrected chi connectivity index (χ4v) is 4.35. The van der Waals surface area contributed by atoms with Crippen LogP contribution in [-0.2, 0) is 4.79 Å². The molecule has 1 aliphatic rings. The number of thioether (sulfide) groups is 1. The number of carbonyl (C=O) groups excluding carboxylic acids is 1. The van der Waals surface area contributed by atoms with E-state index < -0.39 is 0 Å². The van der Waals surface area contributed by atoms with Crippen molar-refractivity contribution in [2.75, 3.05) is 4.90 Å². The molecule has 1 fully saturated rings. The summed E-state index contributed by atoms with van der Waals surface area (Å²) in [6.07, 6.45) is 1.75. The molecule has 1 saturated heterocycles. The van der Waals surface area contributed by atoms with Crippen LogP contribution in [-0.4, -0.2) is 10.2 Å². The van der Waals surface area contributed by atoms with Gasteiger partial charge in [-0.25, -0.2) is 0 Å². The summed E-state index contributed by atoms with van der Waals surface area (Å²) in [5.74, 6) is 1.25. The van der Waals surface area contributed by atoms with Gasteiger partial charge in [0.15, 0.2) is 4.32 Å². The number of halogens is 1. The van der Waals surface area contributed by atoms with Crippen LogP contribution in [0.1, 0.15) is 11.3 Å². The number of nitrogens with zero attached hydrogens (tertiary/aromatic N) is 1. The summed E-state index contributed by atoms with van der Waals surface area (Å²) in [6.45, 7) is 1.97. The summed E-state index contributed by atoms with van der Waals surface area (Å²) in [5.41, 5.74) is 2.80. The molecule has 1 aromatic heterocycles. The van der Waals surface area contributed by atoms with Gasteiger partial charge in [-0.15, -0.1) is 0 Å². The lowest BCUT2D eigenvalue weighted by Gasteiger charge is -2.16. The first kappa shape index (κ1) is 18.2. The first-order chi connectivity index (χ1) is 13.0. The van der Waals surface area contributed by atoms with E-state index in [0.29, 0.717) is 15.0 Å². The number of hydrogen-bond acceptors (Lipinski definition) is 4. The van der Waals surface area contributed by atoms with Crippen molar-refractivity contribution in [2.45, 2.75) is 6.92 Å². The highest BCUT2D eigenvalue weighted by Crippen LogP contribution is 2.37. The predicted octanol–water partition coefficient (Wildman–Crippen LogP) is 6.42. The third-order valence-electron chi connectivity index (χ3n) is 4.18. The van der Waals surface area contributed by atoms with E-state index in [-0.39, 0.29) is 5.91 Å². The lowest BCUT2D eigenvalue weighted by atomic mass is 10.2. The summed E-state index contributed by atoms with van der Waals surface area (Å²) in [7, 11) is 0. The van der Waals surface area contributed by atoms with E-state index in [9.17, 15) is 4.79 Å². The van der Waals surface area contributed by atoms with Crippen LogP contribution >= 0.6 is 39.9 Å². The molecule has 1 aliphatic heterocycles. The molecule has 0 saturated carbocycles. The maximum Gasteiger partial charge on any atom is 0.270 e. The molecule has 0 spiro atoms. The van der Waals surface area contributed by atoms with Gasteiger partial charge in [0.1, 0.15) is 11.5 Å². The van der Waals surface area contributed by atoms with Crippen molar-refractivity contribution in [3.63, 3.8) is 0 Å². The number of para-hydroxylation sites is 1. The number of rotatable bonds is 3. The van der Waals surface area contributed by atoms with Gasteiger partial charge < -0.3 is 4.42 Å². The van der Waals surface area contributed by atoms with Crippen molar-refractivity contribution < 1.29 is 9.21 Å². The van der Waals surface area contributed by atoms with Gasteiger partial charge in [-0.1, -0.05) is 70.2 Å². The monoisotopic (exact) mass is 455 g/mol. The summed E-state index contributed by atoms with van der Waals surface area (Å²) >= 11 is 10.2. The molecule has 0 N–H and O–H groups in total. The standard InChI is InChI=1S/C21H14BrNO2S2/c1-13-4-2-3-5-17(13)23-20(24)19(27-21(23)26)12-16-10-11-18(25-16)14-6-8-15(22)9-7-14/h2-12H,1H3/b19-12-. The molecule has 27 heavy (non-hydrogen) atoms. The Bertz CT molecular complexity index is 1070. The van der Waals surface area contributed by atoms with Gasteiger partial charge >= 0.3 is 0 Å². The molecule has 6 heteroatoms. The summed E-state index contributed by atoms with van der Waals surface area (Å²) < 4.78 is 7.44. The van der Waals surface area contributed by atoms with Crippen molar-refractivity contribution in [3.05, 3.63) is 81.4 Å². The molecule has 3 aromatic rings. The molecule has 0 radical (unpaired) electrons. The van der Waals surface area contributed by atoms with Crippen molar-refractivity contribution in [3.8, 4) is 11.3 Å². The number of amides is 1. The van der Waals surface area contributed by atoms with E-state index in [1.165, 1.54) is 11.8 Å². The lowest BCUT2D eigenvalue weighted by Crippen LogP contribution is -2.28. The highest BCUT2D eigenvalue weighted by atomic mass is 79.9. The maximum absolute atomic E-state index is 12.9. The molecule has 0 aliphatic carbocycles. The Morgan fingerprint density at radius 2 is 1.81 bits per heavy atom. The molecule has 0 bridgehead atoms. The van der Waals surface area contributed by atoms with Gasteiger partial charge in [0.05, 0.1) is 10.6 Å². The van der Waals surface area contributed by atoms with Crippen LogP contribution in [0.4, 0.5) is 5.69 Å². The lowest BCUT2D eigenvalue weighted by molar-refractivity contribution is -0.113. The second-order valence-corrected chi connectivity index (χ2v) is 8.60. The summed E-state index contributed by atoms with van der Waals surface area (Å²) in [5, 5.41) is 0. The van der Waals surface area contributed by atoms with Crippen LogP contribution in [0.3, 0.4) is 0 Å². The number of benzene rings is 2. The quantitative estimate of drug-likeness (QED) is 0.336. The molecule has 4 rings (SSSR count). The van der Waals surface area contributed by atoms with Crippen molar-refractivity contribution in [2.24, 2.45) is 0 Å². The van der Waals surface area contributed by atoms with Crippen LogP contribution in [0.25, 0.3) is 17.4 Å². The van der Waals surface area contributed by atoms with Gasteiger partial charge in [-0.3, -0.25) is 9.69 Å². The fourth-order valence-electron chi connectivity index (χ4n) is 2.82. The first-order valence-electron chi connectivity index (χ1n) is 8.22. The number of furan rings is 1. The summed E-state index contributed by atoms with van der Waals surface area (Å²) in [6, 6.07) is 19.4. The number of carbonyl (C=O) groups is 1. The Hall–Kier alpha value is -2.15. The number of anilines is 1. The number of hydrogen-bond donors (Lipinski definition) is 0. The second-order valence-electron chi connectivity index (χ2n) is 6.01. The minimum Gasteiger partial charge on any atom is -0.457 e. The zero-order valence-corrected chi connectivity index (χ0v) is 17.5. The zero-order chi connectivity index (χ0) is 19.0. The van der Waals surface area contributed by atoms with E-state index in [0.717, 1.165) is 27.0 Å². The molecule has 2 aromatic carbocycles. The van der Waals surface area contributed by atoms with Crippen molar-refractivity contribution in [1.29, 1.82) is 0 Å². The average molecular weight is 456 g/mol. The Morgan fingerprint density at radius 3 is 2.56 bits per heavy atom. The van der Waals surface area contributed by atoms with Gasteiger partial charge in [0, 0.05) is 16.1 Å². The fraction of sp³-hybridized carbons (Fsp3) is 0.0476. The predicted molar refractivity (Wildman–Crippen MR) is 119 cm³/mol. The van der Waals surface area contributed by atoms with Crippen molar-refractivity contribution >= 4 is 61.9 Å². The van der Waals surface area contributed by atoms with Crippen molar-refractivity contribution in [1.82, 2.24) is 0 Å². The second kappa shape index (κ2) is 7.46. The van der Waals surface area contributed by atoms with E-state index in [2.05, 4.69) is 15.9 Å². The highest BCUT2D eigenvalue weighted by Gasteiger charge is 2.34. The molecule has 3 nitrogen and oxygen atoms in total. The van der Waals surface area contributed by atoms with Crippen LogP contribution in [0.2, 0.25) is 0 Å². The van der Waals surface area contributed by atoms with Crippen LogP contribution in [0.15, 0.2) is 74.5 Å². The van der Waals surface area contributed by atoms with Crippen LogP contribution in [0.5, 0.6) is 0 Å². The molecule has 0 atom stereocenters. The zero-order valence-electron chi connectivity index (χ0n) is 14.3. The van der Waals surface area contributed by atoms with Gasteiger partial charge in [0.25, 0.3) is 5.91 Å². The van der Waals surface area contributed by atoms with E-state index in [1.54, 1.807) is 11.0 Å². The third kappa shape index (κ3) is 3.65.